The second-order valence-corrected chi connectivity index (χ2v) is 7.62. The zero-order chi connectivity index (χ0) is 21.4. The number of carbonyl (C=O) groups is 2. The van der Waals surface area contributed by atoms with Crippen molar-refractivity contribution in [3.8, 4) is 5.75 Å². The minimum atomic E-state index is -0.360. The van der Waals surface area contributed by atoms with E-state index in [0.29, 0.717) is 16.5 Å². The van der Waals surface area contributed by atoms with Crippen LogP contribution in [0.1, 0.15) is 66.9 Å². The molecule has 29 heavy (non-hydrogen) atoms. The number of hydrogen-bond donors (Lipinski definition) is 3. The van der Waals surface area contributed by atoms with Crippen LogP contribution in [0.5, 0.6) is 5.75 Å². The van der Waals surface area contributed by atoms with Crippen LogP contribution in [0.15, 0.2) is 41.5 Å². The predicted octanol–water partition coefficient (Wildman–Crippen LogP) is 4.46. The average molecular weight is 420 g/mol. The van der Waals surface area contributed by atoms with Gasteiger partial charge in [-0.1, -0.05) is 49.6 Å². The summed E-state index contributed by atoms with van der Waals surface area (Å²) in [6.45, 7) is 7.38. The molecule has 0 aliphatic heterocycles. The molecule has 1 aliphatic rings. The van der Waals surface area contributed by atoms with Crippen LogP contribution < -0.4 is 15.4 Å². The first-order chi connectivity index (χ1) is 13.8. The Morgan fingerprint density at radius 2 is 1.97 bits per heavy atom. The third-order valence-electron chi connectivity index (χ3n) is 4.98. The quantitative estimate of drug-likeness (QED) is 0.544. The maximum Gasteiger partial charge on any atom is 0.271 e. The summed E-state index contributed by atoms with van der Waals surface area (Å²) in [5.74, 6) is -0.257. The number of rotatable bonds is 8. The summed E-state index contributed by atoms with van der Waals surface area (Å²) < 4.78 is 6.01. The van der Waals surface area contributed by atoms with Crippen molar-refractivity contribution in [2.75, 3.05) is 7.05 Å². The summed E-state index contributed by atoms with van der Waals surface area (Å²) in [7, 11) is 1.53. The monoisotopic (exact) mass is 419 g/mol. The third kappa shape index (κ3) is 6.53. The van der Waals surface area contributed by atoms with Gasteiger partial charge in [-0.15, -0.1) is 0 Å². The lowest BCUT2D eigenvalue weighted by Gasteiger charge is -2.22. The molecule has 1 fully saturated rings. The Balaban J connectivity index is 2.20. The van der Waals surface area contributed by atoms with Gasteiger partial charge >= 0.3 is 0 Å². The molecule has 1 saturated carbocycles. The van der Waals surface area contributed by atoms with E-state index in [0.717, 1.165) is 31.3 Å². The Bertz CT molecular complexity index is 804. The molecular formula is C22H30ClN3O3. The van der Waals surface area contributed by atoms with Crippen LogP contribution in [0.4, 0.5) is 0 Å². The van der Waals surface area contributed by atoms with E-state index in [1.54, 1.807) is 12.1 Å². The van der Waals surface area contributed by atoms with Gasteiger partial charge in [0.05, 0.1) is 0 Å². The van der Waals surface area contributed by atoms with Crippen molar-refractivity contribution in [1.29, 1.82) is 0 Å². The van der Waals surface area contributed by atoms with E-state index in [-0.39, 0.29) is 29.7 Å². The number of amides is 2. The second kappa shape index (κ2) is 10.9. The fraction of sp³-hybridized carbons (Fsp3) is 0.455. The Morgan fingerprint density at radius 3 is 2.55 bits per heavy atom. The van der Waals surface area contributed by atoms with Gasteiger partial charge in [-0.2, -0.15) is 0 Å². The fourth-order valence-corrected chi connectivity index (χ4v) is 3.43. The van der Waals surface area contributed by atoms with Crippen molar-refractivity contribution in [3.05, 3.63) is 52.9 Å². The van der Waals surface area contributed by atoms with Crippen molar-refractivity contribution in [1.82, 2.24) is 15.6 Å². The molecule has 158 valence electrons. The zero-order valence-corrected chi connectivity index (χ0v) is 18.1. The van der Waals surface area contributed by atoms with Crippen LogP contribution in [-0.4, -0.2) is 36.0 Å². The molecule has 2 amide bonds. The second-order valence-electron chi connectivity index (χ2n) is 7.14. The van der Waals surface area contributed by atoms with Gasteiger partial charge in [-0.25, -0.2) is 0 Å². The number of aromatic nitrogens is 1. The molecule has 0 aromatic carbocycles. The van der Waals surface area contributed by atoms with Crippen LogP contribution in [0.2, 0.25) is 0 Å². The van der Waals surface area contributed by atoms with Gasteiger partial charge in [0.1, 0.15) is 17.5 Å². The third-order valence-corrected chi connectivity index (χ3v) is 5.11. The number of ether oxygens (including phenoxy) is 1. The maximum atomic E-state index is 12.7. The van der Waals surface area contributed by atoms with Crippen molar-refractivity contribution in [2.24, 2.45) is 0 Å². The van der Waals surface area contributed by atoms with Crippen molar-refractivity contribution < 1.29 is 14.3 Å². The lowest BCUT2D eigenvalue weighted by molar-refractivity contribution is 0.0923. The highest BCUT2D eigenvalue weighted by molar-refractivity contribution is 6.30. The number of hydrogen-bond acceptors (Lipinski definition) is 3. The van der Waals surface area contributed by atoms with Crippen LogP contribution in [-0.2, 0) is 0 Å². The lowest BCUT2D eigenvalue weighted by atomic mass is 9.95. The average Bonchev–Trinajstić information content (AvgIpc) is 3.12. The molecular weight excluding hydrogens is 390 g/mol. The molecule has 2 rings (SSSR count). The fourth-order valence-electron chi connectivity index (χ4n) is 3.37. The van der Waals surface area contributed by atoms with E-state index in [1.165, 1.54) is 13.5 Å². The number of allylic oxidation sites excluding steroid dienone is 3. The molecule has 7 heteroatoms. The van der Waals surface area contributed by atoms with Gasteiger partial charge in [0.25, 0.3) is 11.8 Å². The Morgan fingerprint density at radius 1 is 1.28 bits per heavy atom. The molecule has 0 saturated heterocycles. The number of H-pyrrole nitrogens is 1. The smallest absolute Gasteiger partial charge is 0.271 e. The zero-order valence-electron chi connectivity index (χ0n) is 17.3. The summed E-state index contributed by atoms with van der Waals surface area (Å²) >= 11 is 5.80. The minimum absolute atomic E-state index is 0.176. The SMILES string of the molecule is C=C(Cl)/C=C\C(=C/C)C(C)Oc1cc(C(=O)NC2CCCCC2)[nH]c1C(=O)NC. The standard InChI is InChI=1S/C22H30ClN3O3/c1-5-16(12-11-14(2)23)15(3)29-19-13-18(26-20(19)22(28)24-4)21(27)25-17-9-7-6-8-10-17/h5,11-13,15,17,26H,2,6-10H2,1,3-4H3,(H,24,28)(H,25,27)/b12-11-,16-5+. The predicted molar refractivity (Wildman–Crippen MR) is 117 cm³/mol. The summed E-state index contributed by atoms with van der Waals surface area (Å²) in [4.78, 5) is 27.9. The highest BCUT2D eigenvalue weighted by Gasteiger charge is 2.23. The molecule has 6 nitrogen and oxygen atoms in total. The maximum absolute atomic E-state index is 12.7. The number of halogens is 1. The highest BCUT2D eigenvalue weighted by atomic mass is 35.5. The van der Waals surface area contributed by atoms with E-state index in [2.05, 4.69) is 22.2 Å². The molecule has 0 spiro atoms. The molecule has 1 aromatic heterocycles. The molecule has 1 aliphatic carbocycles. The molecule has 0 radical (unpaired) electrons. The largest absolute Gasteiger partial charge is 0.484 e. The topological polar surface area (TPSA) is 83.2 Å². The van der Waals surface area contributed by atoms with Crippen molar-refractivity contribution >= 4 is 23.4 Å². The first kappa shape index (κ1) is 22.8. The summed E-state index contributed by atoms with van der Waals surface area (Å²) in [6, 6.07) is 1.76. The van der Waals surface area contributed by atoms with Gasteiger partial charge in [0.15, 0.2) is 5.75 Å². The van der Waals surface area contributed by atoms with Crippen LogP contribution >= 0.6 is 11.6 Å². The molecule has 1 atom stereocenters. The van der Waals surface area contributed by atoms with Crippen LogP contribution in [0.3, 0.4) is 0 Å². The van der Waals surface area contributed by atoms with E-state index in [4.69, 9.17) is 16.3 Å². The van der Waals surface area contributed by atoms with Gasteiger partial charge in [-0.05, 0) is 38.3 Å². The van der Waals surface area contributed by atoms with E-state index < -0.39 is 0 Å². The molecule has 1 heterocycles. The normalized spacial score (nSPS) is 16.5. The minimum Gasteiger partial charge on any atom is -0.484 e. The summed E-state index contributed by atoms with van der Waals surface area (Å²) in [6.07, 6.45) is 10.4. The van der Waals surface area contributed by atoms with Crippen molar-refractivity contribution in [3.63, 3.8) is 0 Å². The molecule has 1 unspecified atom stereocenters. The summed E-state index contributed by atoms with van der Waals surface area (Å²) in [5.41, 5.74) is 1.39. The lowest BCUT2D eigenvalue weighted by Crippen LogP contribution is -2.36. The summed E-state index contributed by atoms with van der Waals surface area (Å²) in [5, 5.41) is 6.03. The number of aromatic amines is 1. The van der Waals surface area contributed by atoms with Crippen LogP contribution in [0, 0.1) is 0 Å². The van der Waals surface area contributed by atoms with Gasteiger partial charge in [0.2, 0.25) is 0 Å². The Kier molecular flexibility index (Phi) is 8.58. The van der Waals surface area contributed by atoms with Gasteiger partial charge in [-0.3, -0.25) is 9.59 Å². The molecule has 0 bridgehead atoms. The molecule has 3 N–H and O–H groups in total. The van der Waals surface area contributed by atoms with Crippen molar-refractivity contribution in [2.45, 2.75) is 58.1 Å². The first-order valence-corrected chi connectivity index (χ1v) is 10.3. The van der Waals surface area contributed by atoms with E-state index in [1.807, 2.05) is 26.0 Å². The van der Waals surface area contributed by atoms with Gasteiger partial charge < -0.3 is 20.4 Å². The molecule has 1 aromatic rings. The van der Waals surface area contributed by atoms with Crippen LogP contribution in [0.25, 0.3) is 0 Å². The first-order valence-electron chi connectivity index (χ1n) is 9.97. The highest BCUT2D eigenvalue weighted by Crippen LogP contribution is 2.25. The Hall–Kier alpha value is -2.47. The van der Waals surface area contributed by atoms with Gasteiger partial charge in [0, 0.05) is 24.2 Å². The number of nitrogens with one attached hydrogen (secondary N) is 3. The van der Waals surface area contributed by atoms with E-state index >= 15 is 0 Å². The number of carbonyl (C=O) groups excluding carboxylic acids is 2. The van der Waals surface area contributed by atoms with E-state index in [9.17, 15) is 9.59 Å². The Labute approximate surface area is 177 Å².